The van der Waals surface area contributed by atoms with Gasteiger partial charge in [-0.1, -0.05) is 28.1 Å². The predicted molar refractivity (Wildman–Crippen MR) is 95.0 cm³/mol. The van der Waals surface area contributed by atoms with Crippen molar-refractivity contribution in [3.63, 3.8) is 0 Å². The van der Waals surface area contributed by atoms with Crippen molar-refractivity contribution in [3.05, 3.63) is 71.2 Å². The van der Waals surface area contributed by atoms with Gasteiger partial charge < -0.3 is 5.32 Å². The van der Waals surface area contributed by atoms with Crippen LogP contribution in [0.3, 0.4) is 0 Å². The van der Waals surface area contributed by atoms with Gasteiger partial charge in [-0.05, 0) is 54.8 Å². The van der Waals surface area contributed by atoms with Crippen molar-refractivity contribution in [2.75, 3.05) is 5.32 Å². The van der Waals surface area contributed by atoms with Gasteiger partial charge in [0, 0.05) is 10.2 Å². The van der Waals surface area contributed by atoms with Gasteiger partial charge in [-0.15, -0.1) is 0 Å². The number of anilines is 1. The second-order valence-corrected chi connectivity index (χ2v) is 6.85. The van der Waals surface area contributed by atoms with E-state index in [0.717, 1.165) is 34.3 Å². The van der Waals surface area contributed by atoms with Gasteiger partial charge in [0.25, 0.3) is 0 Å². The summed E-state index contributed by atoms with van der Waals surface area (Å²) < 4.78 is 2.67. The molecule has 1 saturated carbocycles. The molecule has 0 saturated heterocycles. The summed E-state index contributed by atoms with van der Waals surface area (Å²) in [5.41, 5.74) is 2.35. The predicted octanol–water partition coefficient (Wildman–Crippen LogP) is 3.70. The van der Waals surface area contributed by atoms with Crippen molar-refractivity contribution in [1.82, 2.24) is 14.8 Å². The second kappa shape index (κ2) is 5.87. The number of amides is 1. The summed E-state index contributed by atoms with van der Waals surface area (Å²) in [7, 11) is 0. The van der Waals surface area contributed by atoms with Crippen molar-refractivity contribution in [2.45, 2.75) is 18.3 Å². The van der Waals surface area contributed by atoms with Gasteiger partial charge >= 0.3 is 0 Å². The van der Waals surface area contributed by atoms with E-state index < -0.39 is 5.41 Å². The first kappa shape index (κ1) is 15.1. The SMILES string of the molecule is O=C(Nc1ccc(-n2cncn2)cc1)C1(c2cccc(Br)c2)CC1. The molecule has 1 aliphatic rings. The Bertz CT molecular complexity index is 870. The fourth-order valence-corrected chi connectivity index (χ4v) is 3.25. The van der Waals surface area contributed by atoms with E-state index in [1.165, 1.54) is 6.33 Å². The Morgan fingerprint density at radius 2 is 1.96 bits per heavy atom. The Kier molecular flexibility index (Phi) is 3.69. The van der Waals surface area contributed by atoms with Crippen LogP contribution in [0.2, 0.25) is 0 Å². The lowest BCUT2D eigenvalue weighted by Gasteiger charge is -2.16. The number of benzene rings is 2. The maximum atomic E-state index is 12.8. The standard InChI is InChI=1S/C18H15BrN4O/c19-14-3-1-2-13(10-14)18(8-9-18)17(24)22-15-4-6-16(7-5-15)23-12-20-11-21-23/h1-7,10-12H,8-9H2,(H,22,24). The first-order chi connectivity index (χ1) is 11.7. The van der Waals surface area contributed by atoms with Crippen molar-refractivity contribution >= 4 is 27.5 Å². The van der Waals surface area contributed by atoms with Crippen molar-refractivity contribution in [3.8, 4) is 5.69 Å². The fraction of sp³-hybridized carbons (Fsp3) is 0.167. The highest BCUT2D eigenvalue weighted by Gasteiger charge is 2.51. The van der Waals surface area contributed by atoms with Crippen molar-refractivity contribution < 1.29 is 4.79 Å². The lowest BCUT2D eigenvalue weighted by molar-refractivity contribution is -0.118. The minimum atomic E-state index is -0.394. The monoisotopic (exact) mass is 382 g/mol. The highest BCUT2D eigenvalue weighted by atomic mass is 79.9. The van der Waals surface area contributed by atoms with Crippen LogP contribution in [0.4, 0.5) is 5.69 Å². The molecule has 120 valence electrons. The first-order valence-corrected chi connectivity index (χ1v) is 8.49. The number of rotatable bonds is 4. The van der Waals surface area contributed by atoms with E-state index in [4.69, 9.17) is 0 Å². The Morgan fingerprint density at radius 1 is 1.17 bits per heavy atom. The van der Waals surface area contributed by atoms with Crippen LogP contribution >= 0.6 is 15.9 Å². The van der Waals surface area contributed by atoms with Crippen LogP contribution in [-0.4, -0.2) is 20.7 Å². The summed E-state index contributed by atoms with van der Waals surface area (Å²) in [6.07, 6.45) is 4.89. The Labute approximate surface area is 147 Å². The van der Waals surface area contributed by atoms with Crippen LogP contribution in [0, 0.1) is 0 Å². The molecule has 1 N–H and O–H groups in total. The van der Waals surface area contributed by atoms with E-state index in [2.05, 4.69) is 31.3 Å². The zero-order valence-electron chi connectivity index (χ0n) is 12.8. The highest BCUT2D eigenvalue weighted by molar-refractivity contribution is 9.10. The quantitative estimate of drug-likeness (QED) is 0.748. The maximum absolute atomic E-state index is 12.8. The number of hydrogen-bond acceptors (Lipinski definition) is 3. The normalized spacial score (nSPS) is 15.0. The molecule has 3 aromatic rings. The Morgan fingerprint density at radius 3 is 2.58 bits per heavy atom. The van der Waals surface area contributed by atoms with Gasteiger partial charge in [-0.25, -0.2) is 9.67 Å². The van der Waals surface area contributed by atoms with Crippen LogP contribution in [0.1, 0.15) is 18.4 Å². The molecule has 1 aromatic heterocycles. The van der Waals surface area contributed by atoms with Gasteiger partial charge in [0.15, 0.2) is 0 Å². The van der Waals surface area contributed by atoms with E-state index in [9.17, 15) is 4.79 Å². The Hall–Kier alpha value is -2.47. The summed E-state index contributed by atoms with van der Waals surface area (Å²) in [6, 6.07) is 15.6. The third kappa shape index (κ3) is 2.73. The maximum Gasteiger partial charge on any atom is 0.235 e. The molecule has 0 spiro atoms. The molecule has 24 heavy (non-hydrogen) atoms. The smallest absolute Gasteiger partial charge is 0.235 e. The molecule has 6 heteroatoms. The summed E-state index contributed by atoms with van der Waals surface area (Å²) in [4.78, 5) is 16.7. The minimum absolute atomic E-state index is 0.0501. The van der Waals surface area contributed by atoms with Crippen LogP contribution in [0.25, 0.3) is 5.69 Å². The highest BCUT2D eigenvalue weighted by Crippen LogP contribution is 2.49. The molecule has 1 aliphatic carbocycles. The number of carbonyl (C=O) groups is 1. The van der Waals surface area contributed by atoms with E-state index in [-0.39, 0.29) is 5.91 Å². The van der Waals surface area contributed by atoms with E-state index in [0.29, 0.717) is 0 Å². The largest absolute Gasteiger partial charge is 0.325 e. The van der Waals surface area contributed by atoms with Gasteiger partial charge in [-0.3, -0.25) is 4.79 Å². The van der Waals surface area contributed by atoms with Crippen LogP contribution < -0.4 is 5.32 Å². The summed E-state index contributed by atoms with van der Waals surface area (Å²) in [5, 5.41) is 7.12. The zero-order chi connectivity index (χ0) is 16.6. The molecule has 5 nitrogen and oxygen atoms in total. The third-order valence-electron chi connectivity index (χ3n) is 4.37. The lowest BCUT2D eigenvalue weighted by atomic mass is 9.95. The summed E-state index contributed by atoms with van der Waals surface area (Å²) in [6.45, 7) is 0. The second-order valence-electron chi connectivity index (χ2n) is 5.93. The fourth-order valence-electron chi connectivity index (χ4n) is 2.85. The van der Waals surface area contributed by atoms with Crippen LogP contribution in [0.5, 0.6) is 0 Å². The van der Waals surface area contributed by atoms with Gasteiger partial charge in [0.2, 0.25) is 5.91 Å². The molecule has 1 fully saturated rings. The number of aromatic nitrogens is 3. The molecular formula is C18H15BrN4O. The van der Waals surface area contributed by atoms with E-state index in [1.807, 2.05) is 48.5 Å². The molecule has 1 heterocycles. The molecule has 1 amide bonds. The van der Waals surface area contributed by atoms with Crippen molar-refractivity contribution in [2.24, 2.45) is 0 Å². The average molecular weight is 383 g/mol. The van der Waals surface area contributed by atoms with Crippen LogP contribution in [-0.2, 0) is 10.2 Å². The van der Waals surface area contributed by atoms with E-state index in [1.54, 1.807) is 11.0 Å². The average Bonchev–Trinajstić information content (AvgIpc) is 3.23. The number of nitrogens with zero attached hydrogens (tertiary/aromatic N) is 3. The summed E-state index contributed by atoms with van der Waals surface area (Å²) >= 11 is 3.48. The molecule has 2 aromatic carbocycles. The number of halogens is 1. The van der Waals surface area contributed by atoms with E-state index >= 15 is 0 Å². The number of nitrogens with one attached hydrogen (secondary N) is 1. The molecule has 0 bridgehead atoms. The Balaban J connectivity index is 1.52. The first-order valence-electron chi connectivity index (χ1n) is 7.70. The van der Waals surface area contributed by atoms with Crippen molar-refractivity contribution in [1.29, 1.82) is 0 Å². The summed E-state index contributed by atoms with van der Waals surface area (Å²) in [5.74, 6) is 0.0501. The lowest BCUT2D eigenvalue weighted by Crippen LogP contribution is -2.27. The van der Waals surface area contributed by atoms with Gasteiger partial charge in [0.05, 0.1) is 11.1 Å². The zero-order valence-corrected chi connectivity index (χ0v) is 14.4. The minimum Gasteiger partial charge on any atom is -0.325 e. The van der Waals surface area contributed by atoms with Crippen LogP contribution in [0.15, 0.2) is 65.7 Å². The molecular weight excluding hydrogens is 368 g/mol. The van der Waals surface area contributed by atoms with Gasteiger partial charge in [-0.2, -0.15) is 5.10 Å². The molecule has 0 unspecified atom stereocenters. The third-order valence-corrected chi connectivity index (χ3v) is 4.86. The molecule has 4 rings (SSSR count). The van der Waals surface area contributed by atoms with Gasteiger partial charge in [0.1, 0.15) is 12.7 Å². The molecule has 0 radical (unpaired) electrons. The topological polar surface area (TPSA) is 59.8 Å². The number of hydrogen-bond donors (Lipinski definition) is 1. The molecule has 0 aliphatic heterocycles. The molecule has 0 atom stereocenters. The number of carbonyl (C=O) groups excluding carboxylic acids is 1.